The number of nitrogens with two attached hydrogens (primary N) is 1. The maximum Gasteiger partial charge on any atom is 0.241 e. The molecule has 0 bridgehead atoms. The Hall–Kier alpha value is -2.38. The third-order valence-corrected chi connectivity index (χ3v) is 4.79. The molecule has 0 amide bonds. The first-order chi connectivity index (χ1) is 11.5. The van der Waals surface area contributed by atoms with Crippen LogP contribution in [0, 0.1) is 0 Å². The molecule has 1 aliphatic heterocycles. The van der Waals surface area contributed by atoms with Gasteiger partial charge in [0.2, 0.25) is 16.3 Å². The van der Waals surface area contributed by atoms with Gasteiger partial charge >= 0.3 is 0 Å². The fourth-order valence-corrected chi connectivity index (χ4v) is 3.46. The van der Waals surface area contributed by atoms with E-state index < -0.39 is 10.0 Å². The minimum atomic E-state index is -4.07. The van der Waals surface area contributed by atoms with Crippen molar-refractivity contribution in [3.8, 4) is 11.5 Å². The predicted molar refractivity (Wildman–Crippen MR) is 90.6 cm³/mol. The lowest BCUT2D eigenvalue weighted by Crippen LogP contribution is -2.21. The van der Waals surface area contributed by atoms with Gasteiger partial charge in [-0.15, -0.1) is 0 Å². The Morgan fingerprint density at radius 1 is 1.08 bits per heavy atom. The molecule has 1 aliphatic rings. The number of hydrogen-bond donors (Lipinski definition) is 1. The van der Waals surface area contributed by atoms with Crippen LogP contribution >= 0.6 is 0 Å². The van der Waals surface area contributed by atoms with Crippen LogP contribution in [0.1, 0.15) is 18.4 Å². The quantitative estimate of drug-likeness (QED) is 0.897. The van der Waals surface area contributed by atoms with Crippen molar-refractivity contribution >= 4 is 22.0 Å². The summed E-state index contributed by atoms with van der Waals surface area (Å²) in [4.78, 5) is 12.9. The zero-order valence-electron chi connectivity index (χ0n) is 12.9. The van der Waals surface area contributed by atoms with Gasteiger partial charge in [-0.05, 0) is 37.1 Å². The van der Waals surface area contributed by atoms with Crippen molar-refractivity contribution in [1.82, 2.24) is 0 Å². The number of sulfonamides is 1. The van der Waals surface area contributed by atoms with Gasteiger partial charge in [-0.2, -0.15) is 0 Å². The van der Waals surface area contributed by atoms with Crippen LogP contribution in [-0.2, 0) is 14.8 Å². The molecule has 7 heteroatoms. The number of rotatable bonds is 5. The summed E-state index contributed by atoms with van der Waals surface area (Å²) in [6.45, 7) is 1.52. The van der Waals surface area contributed by atoms with Crippen molar-refractivity contribution in [1.29, 1.82) is 0 Å². The Morgan fingerprint density at radius 2 is 1.75 bits per heavy atom. The summed E-state index contributed by atoms with van der Waals surface area (Å²) in [7, 11) is -4.07. The number of para-hydroxylation sites is 1. The lowest BCUT2D eigenvalue weighted by molar-refractivity contribution is 0.467. The molecule has 1 saturated heterocycles. The average Bonchev–Trinajstić information content (AvgIpc) is 3.09. The summed E-state index contributed by atoms with van der Waals surface area (Å²) in [6.07, 6.45) is 3.72. The van der Waals surface area contributed by atoms with E-state index in [1.165, 1.54) is 6.07 Å². The van der Waals surface area contributed by atoms with E-state index >= 15 is 0 Å². The molecule has 1 radical (unpaired) electrons. The fraction of sp³-hybridized carbons (Fsp3) is 0.235. The van der Waals surface area contributed by atoms with E-state index in [4.69, 9.17) is 9.88 Å². The standard InChI is InChI=1S/C17H17N2O4S/c18-24(21,22)16-11-13(12-20)10-15(19-8-4-5-9-19)17(16)23-14-6-2-1-3-7-14/h1-3,6-7,10-11H,4-5,8-9H2,(H2,18,21,22). The molecule has 0 saturated carbocycles. The third kappa shape index (κ3) is 3.42. The molecule has 24 heavy (non-hydrogen) atoms. The van der Waals surface area contributed by atoms with Gasteiger partial charge < -0.3 is 9.64 Å². The van der Waals surface area contributed by atoms with Crippen LogP contribution in [0.15, 0.2) is 47.4 Å². The predicted octanol–water partition coefficient (Wildman–Crippen LogP) is 2.18. The molecular formula is C17H17N2O4S. The minimum absolute atomic E-state index is 0.126. The van der Waals surface area contributed by atoms with E-state index in [0.29, 0.717) is 11.4 Å². The van der Waals surface area contributed by atoms with Crippen LogP contribution in [0.2, 0.25) is 0 Å². The van der Waals surface area contributed by atoms with Crippen molar-refractivity contribution in [2.24, 2.45) is 5.14 Å². The van der Waals surface area contributed by atoms with E-state index in [2.05, 4.69) is 0 Å². The van der Waals surface area contributed by atoms with Crippen LogP contribution in [0.4, 0.5) is 5.69 Å². The molecule has 2 aromatic rings. The highest BCUT2D eigenvalue weighted by molar-refractivity contribution is 7.89. The highest BCUT2D eigenvalue weighted by atomic mass is 32.2. The van der Waals surface area contributed by atoms with Gasteiger partial charge in [0.15, 0.2) is 5.75 Å². The fourth-order valence-electron chi connectivity index (χ4n) is 2.76. The minimum Gasteiger partial charge on any atom is -0.454 e. The Morgan fingerprint density at radius 3 is 2.33 bits per heavy atom. The van der Waals surface area contributed by atoms with Crippen LogP contribution in [0.5, 0.6) is 11.5 Å². The van der Waals surface area contributed by atoms with Crippen LogP contribution in [0.25, 0.3) is 0 Å². The van der Waals surface area contributed by atoms with Crippen molar-refractivity contribution in [2.45, 2.75) is 17.7 Å². The summed E-state index contributed by atoms with van der Waals surface area (Å²) >= 11 is 0. The van der Waals surface area contributed by atoms with E-state index in [9.17, 15) is 13.2 Å². The molecule has 1 heterocycles. The van der Waals surface area contributed by atoms with Gasteiger partial charge in [0, 0.05) is 18.7 Å². The largest absolute Gasteiger partial charge is 0.454 e. The third-order valence-electron chi connectivity index (χ3n) is 3.87. The van der Waals surface area contributed by atoms with E-state index in [-0.39, 0.29) is 16.2 Å². The molecule has 6 nitrogen and oxygen atoms in total. The Bertz CT molecular complexity index is 844. The summed E-state index contributed by atoms with van der Waals surface area (Å²) in [5, 5.41) is 5.35. The molecule has 0 aromatic heterocycles. The average molecular weight is 345 g/mol. The molecule has 0 spiro atoms. The monoisotopic (exact) mass is 345 g/mol. The summed E-state index contributed by atoms with van der Waals surface area (Å²) in [5.41, 5.74) is 0.669. The Kier molecular flexibility index (Phi) is 4.55. The van der Waals surface area contributed by atoms with Gasteiger partial charge in [0.05, 0.1) is 5.69 Å². The van der Waals surface area contributed by atoms with E-state index in [0.717, 1.165) is 25.9 Å². The van der Waals surface area contributed by atoms with Crippen LogP contribution in [-0.4, -0.2) is 27.8 Å². The van der Waals surface area contributed by atoms with E-state index in [1.807, 2.05) is 11.0 Å². The van der Waals surface area contributed by atoms with Crippen molar-refractivity contribution in [3.05, 3.63) is 48.0 Å². The van der Waals surface area contributed by atoms with Gasteiger partial charge in [0.25, 0.3) is 0 Å². The van der Waals surface area contributed by atoms with Crippen LogP contribution < -0.4 is 14.8 Å². The molecule has 1 fully saturated rings. The van der Waals surface area contributed by atoms with Crippen molar-refractivity contribution < 1.29 is 17.9 Å². The second-order valence-corrected chi connectivity index (χ2v) is 7.11. The second-order valence-electron chi connectivity index (χ2n) is 5.58. The number of hydrogen-bond acceptors (Lipinski definition) is 5. The number of anilines is 1. The lowest BCUT2D eigenvalue weighted by atomic mass is 10.2. The first-order valence-electron chi connectivity index (χ1n) is 7.56. The Labute approximate surface area is 140 Å². The van der Waals surface area contributed by atoms with Gasteiger partial charge in [-0.3, -0.25) is 4.79 Å². The normalized spacial score (nSPS) is 14.6. The molecule has 125 valence electrons. The first-order valence-corrected chi connectivity index (χ1v) is 9.10. The number of ether oxygens (including phenoxy) is 1. The number of nitrogens with zero attached hydrogens (tertiary/aromatic N) is 1. The zero-order valence-corrected chi connectivity index (χ0v) is 13.8. The highest BCUT2D eigenvalue weighted by Crippen LogP contribution is 2.40. The first kappa shape index (κ1) is 16.5. The van der Waals surface area contributed by atoms with Gasteiger partial charge in [0.1, 0.15) is 10.6 Å². The Balaban J connectivity index is 2.19. The second kappa shape index (κ2) is 6.62. The zero-order chi connectivity index (χ0) is 17.2. The topological polar surface area (TPSA) is 89.7 Å². The molecule has 0 aliphatic carbocycles. The maximum atomic E-state index is 12.0. The van der Waals surface area contributed by atoms with Gasteiger partial charge in [-0.1, -0.05) is 18.2 Å². The van der Waals surface area contributed by atoms with Crippen molar-refractivity contribution in [2.75, 3.05) is 18.0 Å². The van der Waals surface area contributed by atoms with E-state index in [1.54, 1.807) is 36.6 Å². The smallest absolute Gasteiger partial charge is 0.241 e. The molecule has 0 unspecified atom stereocenters. The summed E-state index contributed by atoms with van der Waals surface area (Å²) < 4.78 is 29.9. The molecule has 2 N–H and O–H groups in total. The number of carbonyl (C=O) groups excluding carboxylic acids is 1. The molecule has 2 aromatic carbocycles. The summed E-state index contributed by atoms with van der Waals surface area (Å²) in [6, 6.07) is 11.6. The SMILES string of the molecule is NS(=O)(=O)c1cc([C]=O)cc(N2CCCC2)c1Oc1ccccc1. The van der Waals surface area contributed by atoms with Gasteiger partial charge in [-0.25, -0.2) is 13.6 Å². The lowest BCUT2D eigenvalue weighted by Gasteiger charge is -2.23. The number of primary sulfonamides is 1. The van der Waals surface area contributed by atoms with Crippen molar-refractivity contribution in [3.63, 3.8) is 0 Å². The number of benzene rings is 2. The summed E-state index contributed by atoms with van der Waals surface area (Å²) in [5.74, 6) is 0.635. The molecular weight excluding hydrogens is 328 g/mol. The van der Waals surface area contributed by atoms with Crippen LogP contribution in [0.3, 0.4) is 0 Å². The molecule has 0 atom stereocenters. The molecule has 3 rings (SSSR count). The highest BCUT2D eigenvalue weighted by Gasteiger charge is 2.26. The maximum absolute atomic E-state index is 12.0.